The second-order valence-corrected chi connectivity index (χ2v) is 8.55. The molecule has 0 saturated carbocycles. The summed E-state index contributed by atoms with van der Waals surface area (Å²) in [4.78, 5) is 38.1. The van der Waals surface area contributed by atoms with Crippen molar-refractivity contribution in [3.05, 3.63) is 35.4 Å². The van der Waals surface area contributed by atoms with Crippen LogP contribution in [0.4, 0.5) is 23.8 Å². The molecule has 0 bridgehead atoms. The van der Waals surface area contributed by atoms with Gasteiger partial charge in [-0.2, -0.15) is 9.97 Å². The second-order valence-electron chi connectivity index (χ2n) is 8.55. The number of rotatable bonds is 6. The van der Waals surface area contributed by atoms with Gasteiger partial charge in [0, 0.05) is 37.3 Å². The summed E-state index contributed by atoms with van der Waals surface area (Å²) >= 11 is 0. The van der Waals surface area contributed by atoms with E-state index in [1.54, 1.807) is 24.3 Å². The van der Waals surface area contributed by atoms with Gasteiger partial charge in [0.25, 0.3) is 11.8 Å². The van der Waals surface area contributed by atoms with E-state index in [1.807, 2.05) is 0 Å². The minimum Gasteiger partial charge on any atom is -0.340 e. The Labute approximate surface area is 196 Å². The van der Waals surface area contributed by atoms with Crippen LogP contribution < -0.4 is 20.4 Å². The normalized spacial score (nSPS) is 16.4. The summed E-state index contributed by atoms with van der Waals surface area (Å²) < 4.78 is 0. The molecule has 34 heavy (non-hydrogen) atoms. The maximum absolute atomic E-state index is 12.6. The number of amides is 2. The van der Waals surface area contributed by atoms with E-state index in [0.29, 0.717) is 34.9 Å². The Kier molecular flexibility index (Phi) is 6.36. The van der Waals surface area contributed by atoms with Crippen molar-refractivity contribution in [3.8, 4) is 0 Å². The second kappa shape index (κ2) is 9.89. The van der Waals surface area contributed by atoms with Crippen LogP contribution in [0, 0.1) is 0 Å². The highest BCUT2D eigenvalue weighted by molar-refractivity contribution is 6.06. The van der Waals surface area contributed by atoms with Crippen LogP contribution in [0.25, 0.3) is 0 Å². The number of benzene rings is 1. The maximum atomic E-state index is 12.6. The summed E-state index contributed by atoms with van der Waals surface area (Å²) in [5.41, 5.74) is 0.805. The van der Waals surface area contributed by atoms with Crippen LogP contribution in [0.2, 0.25) is 0 Å². The lowest BCUT2D eigenvalue weighted by Crippen LogP contribution is -2.30. The molecule has 12 heteroatoms. The number of hydrogen-bond donors (Lipinski definition) is 4. The standard InChI is InChI=1S/C22H28N10O2/c33-17(23-19-25-21(29-27-19)31-11-3-1-4-12-31)15-7-9-16(10-8-15)18(34)24-20-26-22(30-28-20)32-13-5-2-6-14-32/h7-10H,1-6,11-14H2,(H2,23,25,27,29,33)(H2,24,26,28,30,34). The number of aromatic nitrogens is 6. The summed E-state index contributed by atoms with van der Waals surface area (Å²) in [5.74, 6) is 1.10. The van der Waals surface area contributed by atoms with Gasteiger partial charge >= 0.3 is 0 Å². The van der Waals surface area contributed by atoms with Crippen molar-refractivity contribution in [1.29, 1.82) is 0 Å². The minimum absolute atomic E-state index is 0.294. The van der Waals surface area contributed by atoms with Crippen LogP contribution >= 0.6 is 0 Å². The highest BCUT2D eigenvalue weighted by atomic mass is 16.2. The molecule has 178 valence electrons. The highest BCUT2D eigenvalue weighted by Gasteiger charge is 2.18. The fourth-order valence-electron chi connectivity index (χ4n) is 4.22. The average Bonchev–Trinajstić information content (AvgIpc) is 3.55. The molecule has 1 aromatic carbocycles. The van der Waals surface area contributed by atoms with E-state index in [1.165, 1.54) is 12.8 Å². The molecular formula is C22H28N10O2. The van der Waals surface area contributed by atoms with Crippen molar-refractivity contribution < 1.29 is 9.59 Å². The number of nitrogens with zero attached hydrogens (tertiary/aromatic N) is 6. The third-order valence-electron chi connectivity index (χ3n) is 6.10. The number of anilines is 4. The minimum atomic E-state index is -0.338. The smallest absolute Gasteiger partial charge is 0.258 e. The number of H-pyrrole nitrogens is 2. The fraction of sp³-hybridized carbons (Fsp3) is 0.455. The molecule has 0 atom stereocenters. The van der Waals surface area contributed by atoms with E-state index in [4.69, 9.17) is 0 Å². The van der Waals surface area contributed by atoms with Gasteiger partial charge in [-0.3, -0.25) is 20.2 Å². The first kappa shape index (κ1) is 21.9. The van der Waals surface area contributed by atoms with Crippen LogP contribution in [-0.4, -0.2) is 68.4 Å². The maximum Gasteiger partial charge on any atom is 0.258 e. The fourth-order valence-corrected chi connectivity index (χ4v) is 4.22. The van der Waals surface area contributed by atoms with Gasteiger partial charge in [-0.05, 0) is 62.8 Å². The third-order valence-corrected chi connectivity index (χ3v) is 6.10. The number of carbonyl (C=O) groups excluding carboxylic acids is 2. The van der Waals surface area contributed by atoms with Crippen molar-refractivity contribution in [3.63, 3.8) is 0 Å². The molecule has 3 aromatic rings. The molecule has 0 unspecified atom stereocenters. The molecule has 2 aliphatic rings. The number of hydrogen-bond acceptors (Lipinski definition) is 8. The zero-order valence-corrected chi connectivity index (χ0v) is 18.9. The zero-order chi connectivity index (χ0) is 23.3. The SMILES string of the molecule is O=C(Nc1nc(N2CCCCC2)n[nH]1)c1ccc(C(=O)Nc2nc(N3CCCCC3)n[nH]2)cc1. The average molecular weight is 465 g/mol. The predicted molar refractivity (Wildman–Crippen MR) is 127 cm³/mol. The summed E-state index contributed by atoms with van der Waals surface area (Å²) in [7, 11) is 0. The largest absolute Gasteiger partial charge is 0.340 e. The molecule has 2 amide bonds. The lowest BCUT2D eigenvalue weighted by atomic mass is 10.1. The van der Waals surface area contributed by atoms with E-state index in [-0.39, 0.29) is 11.8 Å². The zero-order valence-electron chi connectivity index (χ0n) is 18.9. The highest BCUT2D eigenvalue weighted by Crippen LogP contribution is 2.18. The van der Waals surface area contributed by atoms with Gasteiger partial charge in [0.05, 0.1) is 0 Å². The monoisotopic (exact) mass is 464 g/mol. The van der Waals surface area contributed by atoms with Crippen molar-refractivity contribution in [1.82, 2.24) is 30.4 Å². The molecule has 2 aromatic heterocycles. The molecular weight excluding hydrogens is 436 g/mol. The molecule has 4 heterocycles. The molecule has 0 spiro atoms. The topological polar surface area (TPSA) is 148 Å². The van der Waals surface area contributed by atoms with Crippen LogP contribution in [0.1, 0.15) is 59.2 Å². The molecule has 5 rings (SSSR count). The van der Waals surface area contributed by atoms with Crippen molar-refractivity contribution in [2.45, 2.75) is 38.5 Å². The van der Waals surface area contributed by atoms with Crippen LogP contribution in [0.5, 0.6) is 0 Å². The van der Waals surface area contributed by atoms with E-state index in [0.717, 1.165) is 51.9 Å². The molecule has 12 nitrogen and oxygen atoms in total. The Hall–Kier alpha value is -3.96. The van der Waals surface area contributed by atoms with E-state index >= 15 is 0 Å². The first-order valence-corrected chi connectivity index (χ1v) is 11.7. The van der Waals surface area contributed by atoms with Gasteiger partial charge in [0.1, 0.15) is 0 Å². The van der Waals surface area contributed by atoms with Crippen LogP contribution in [0.15, 0.2) is 24.3 Å². The summed E-state index contributed by atoms with van der Waals surface area (Å²) in [6, 6.07) is 6.36. The number of nitrogens with one attached hydrogen (secondary N) is 4. The van der Waals surface area contributed by atoms with Crippen molar-refractivity contribution in [2.75, 3.05) is 46.6 Å². The molecule has 0 aliphatic carbocycles. The van der Waals surface area contributed by atoms with Crippen LogP contribution in [0.3, 0.4) is 0 Å². The third kappa shape index (κ3) is 5.00. The Morgan fingerprint density at radius 3 is 1.41 bits per heavy atom. The van der Waals surface area contributed by atoms with Crippen LogP contribution in [-0.2, 0) is 0 Å². The lowest BCUT2D eigenvalue weighted by molar-refractivity contribution is 0.101. The van der Waals surface area contributed by atoms with Gasteiger partial charge in [0.2, 0.25) is 23.8 Å². The predicted octanol–water partition coefficient (Wildman–Crippen LogP) is 2.41. The first-order chi connectivity index (χ1) is 16.7. The Morgan fingerprint density at radius 1 is 0.647 bits per heavy atom. The van der Waals surface area contributed by atoms with E-state index in [9.17, 15) is 9.59 Å². The summed E-state index contributed by atoms with van der Waals surface area (Å²) in [5, 5.41) is 19.4. The molecule has 4 N–H and O–H groups in total. The molecule has 2 fully saturated rings. The van der Waals surface area contributed by atoms with Gasteiger partial charge < -0.3 is 9.80 Å². The Balaban J connectivity index is 1.16. The van der Waals surface area contributed by atoms with E-state index < -0.39 is 0 Å². The molecule has 2 saturated heterocycles. The van der Waals surface area contributed by atoms with Gasteiger partial charge in [0.15, 0.2) is 0 Å². The Bertz CT molecular complexity index is 1040. The molecule has 0 radical (unpaired) electrons. The molecule has 2 aliphatic heterocycles. The summed E-state index contributed by atoms with van der Waals surface area (Å²) in [6.45, 7) is 3.68. The van der Waals surface area contributed by atoms with Gasteiger partial charge in [-0.1, -0.05) is 0 Å². The quantitative estimate of drug-likeness (QED) is 0.435. The van der Waals surface area contributed by atoms with Gasteiger partial charge in [-0.25, -0.2) is 10.2 Å². The van der Waals surface area contributed by atoms with Crippen molar-refractivity contribution >= 4 is 35.6 Å². The Morgan fingerprint density at radius 2 is 1.03 bits per heavy atom. The van der Waals surface area contributed by atoms with Gasteiger partial charge in [-0.15, -0.1) is 10.2 Å². The number of aromatic amines is 2. The van der Waals surface area contributed by atoms with Crippen molar-refractivity contribution in [2.24, 2.45) is 0 Å². The number of carbonyl (C=O) groups is 2. The lowest BCUT2D eigenvalue weighted by Gasteiger charge is -2.24. The number of piperidine rings is 2. The summed E-state index contributed by atoms with van der Waals surface area (Å²) in [6.07, 6.45) is 6.91. The van der Waals surface area contributed by atoms with E-state index in [2.05, 4.69) is 50.8 Å². The first-order valence-electron chi connectivity index (χ1n) is 11.7.